The van der Waals surface area contributed by atoms with Gasteiger partial charge in [0.25, 0.3) is 0 Å². The molecule has 0 unspecified atom stereocenters. The highest BCUT2D eigenvalue weighted by molar-refractivity contribution is 7.99. The quantitative estimate of drug-likeness (QED) is 0.545. The van der Waals surface area contributed by atoms with Crippen molar-refractivity contribution in [3.05, 3.63) is 0 Å². The number of rotatable bonds is 8. The Morgan fingerprint density at radius 3 is 2.75 bits per heavy atom. The topological polar surface area (TPSA) is 75.4 Å². The van der Waals surface area contributed by atoms with Crippen LogP contribution in [0.25, 0.3) is 0 Å². The van der Waals surface area contributed by atoms with E-state index in [0.29, 0.717) is 13.0 Å². The van der Waals surface area contributed by atoms with E-state index >= 15 is 0 Å². The normalized spacial score (nSPS) is 17.9. The summed E-state index contributed by atoms with van der Waals surface area (Å²) < 4.78 is 0. The highest BCUT2D eigenvalue weighted by atomic mass is 32.2. The summed E-state index contributed by atoms with van der Waals surface area (Å²) in [5, 5.41) is 11.5. The fraction of sp³-hybridized carbons (Fsp3) is 0.909. The molecule has 5 heteroatoms. The zero-order valence-electron chi connectivity index (χ0n) is 9.71. The fourth-order valence-electron chi connectivity index (χ4n) is 1.72. The molecule has 0 bridgehead atoms. The van der Waals surface area contributed by atoms with E-state index in [4.69, 9.17) is 10.8 Å². The third kappa shape index (κ3) is 5.18. The number of carbonyl (C=O) groups is 1. The molecule has 1 amide bonds. The van der Waals surface area contributed by atoms with E-state index in [9.17, 15) is 4.79 Å². The van der Waals surface area contributed by atoms with Gasteiger partial charge in [-0.3, -0.25) is 4.79 Å². The Balaban J connectivity index is 1.94. The molecule has 0 aromatic heterocycles. The second kappa shape index (κ2) is 7.14. The zero-order valence-corrected chi connectivity index (χ0v) is 10.5. The predicted octanol–water partition coefficient (Wildman–Crippen LogP) is 0.490. The van der Waals surface area contributed by atoms with E-state index in [0.717, 1.165) is 37.2 Å². The minimum Gasteiger partial charge on any atom is -0.396 e. The lowest BCUT2D eigenvalue weighted by Crippen LogP contribution is -2.50. The summed E-state index contributed by atoms with van der Waals surface area (Å²) in [6.07, 6.45) is 4.40. The van der Waals surface area contributed by atoms with E-state index in [1.807, 2.05) is 0 Å². The summed E-state index contributed by atoms with van der Waals surface area (Å²) in [6.45, 7) is 0.945. The summed E-state index contributed by atoms with van der Waals surface area (Å²) in [4.78, 5) is 11.5. The van der Waals surface area contributed by atoms with Crippen LogP contribution in [0.2, 0.25) is 0 Å². The monoisotopic (exact) mass is 246 g/mol. The van der Waals surface area contributed by atoms with Crippen molar-refractivity contribution in [1.29, 1.82) is 0 Å². The van der Waals surface area contributed by atoms with Crippen LogP contribution >= 0.6 is 11.8 Å². The third-order valence-electron chi connectivity index (χ3n) is 2.88. The van der Waals surface area contributed by atoms with Gasteiger partial charge in [-0.25, -0.2) is 0 Å². The van der Waals surface area contributed by atoms with Gasteiger partial charge in [-0.2, -0.15) is 11.8 Å². The van der Waals surface area contributed by atoms with Gasteiger partial charge in [0.15, 0.2) is 0 Å². The Morgan fingerprint density at radius 2 is 2.19 bits per heavy atom. The number of hydrogen-bond acceptors (Lipinski definition) is 4. The van der Waals surface area contributed by atoms with E-state index in [1.165, 1.54) is 0 Å². The molecule has 0 spiro atoms. The fourth-order valence-corrected chi connectivity index (χ4v) is 2.50. The summed E-state index contributed by atoms with van der Waals surface area (Å²) in [5.41, 5.74) is 5.77. The van der Waals surface area contributed by atoms with Crippen LogP contribution < -0.4 is 11.1 Å². The lowest BCUT2D eigenvalue weighted by Gasteiger charge is -2.37. The number of aliphatic hydroxyl groups is 1. The maximum Gasteiger partial charge on any atom is 0.221 e. The second-order valence-corrected chi connectivity index (χ2v) is 5.66. The van der Waals surface area contributed by atoms with Gasteiger partial charge in [0.2, 0.25) is 5.91 Å². The number of nitrogens with one attached hydrogen (secondary N) is 1. The molecule has 94 valence electrons. The van der Waals surface area contributed by atoms with Crippen molar-refractivity contribution in [2.75, 3.05) is 24.7 Å². The molecule has 0 saturated heterocycles. The Morgan fingerprint density at radius 1 is 1.44 bits per heavy atom. The van der Waals surface area contributed by atoms with Gasteiger partial charge in [-0.15, -0.1) is 0 Å². The van der Waals surface area contributed by atoms with E-state index in [-0.39, 0.29) is 18.1 Å². The molecule has 4 nitrogen and oxygen atoms in total. The van der Waals surface area contributed by atoms with Crippen LogP contribution in [0.5, 0.6) is 0 Å². The number of nitrogens with two attached hydrogens (primary N) is 1. The van der Waals surface area contributed by atoms with Gasteiger partial charge in [-0.05, 0) is 31.4 Å². The van der Waals surface area contributed by atoms with Gasteiger partial charge >= 0.3 is 0 Å². The molecule has 1 aliphatic rings. The maximum absolute atomic E-state index is 11.5. The Kier molecular flexibility index (Phi) is 6.16. The Labute approximate surface area is 101 Å². The van der Waals surface area contributed by atoms with Crippen molar-refractivity contribution in [3.8, 4) is 0 Å². The second-order valence-electron chi connectivity index (χ2n) is 4.43. The van der Waals surface area contributed by atoms with Crippen molar-refractivity contribution in [2.24, 2.45) is 5.73 Å². The van der Waals surface area contributed by atoms with Gasteiger partial charge < -0.3 is 16.2 Å². The lowest BCUT2D eigenvalue weighted by atomic mass is 9.75. The molecule has 1 rings (SSSR count). The van der Waals surface area contributed by atoms with Crippen LogP contribution in [0.1, 0.15) is 32.1 Å². The molecule has 0 aliphatic heterocycles. The standard InChI is InChI=1S/C11H22N2O2S/c12-11(3-1-4-11)9-10(15)13-5-8-16-7-2-6-14/h14H,1-9,12H2,(H,13,15). The van der Waals surface area contributed by atoms with Crippen molar-refractivity contribution in [1.82, 2.24) is 5.32 Å². The smallest absolute Gasteiger partial charge is 0.221 e. The van der Waals surface area contributed by atoms with Crippen molar-refractivity contribution < 1.29 is 9.90 Å². The summed E-state index contributed by atoms with van der Waals surface area (Å²) >= 11 is 1.75. The van der Waals surface area contributed by atoms with Crippen LogP contribution in [0.4, 0.5) is 0 Å². The zero-order chi connectivity index (χ0) is 11.9. The van der Waals surface area contributed by atoms with E-state index < -0.39 is 0 Å². The van der Waals surface area contributed by atoms with Crippen molar-refractivity contribution >= 4 is 17.7 Å². The molecule has 1 aliphatic carbocycles. The molecule has 16 heavy (non-hydrogen) atoms. The van der Waals surface area contributed by atoms with Gasteiger partial charge in [0.05, 0.1) is 0 Å². The van der Waals surface area contributed by atoms with E-state index in [1.54, 1.807) is 11.8 Å². The Bertz CT molecular complexity index is 220. The first-order chi connectivity index (χ1) is 7.66. The average molecular weight is 246 g/mol. The largest absolute Gasteiger partial charge is 0.396 e. The van der Waals surface area contributed by atoms with Crippen molar-refractivity contribution in [2.45, 2.75) is 37.6 Å². The predicted molar refractivity (Wildman–Crippen MR) is 67.4 cm³/mol. The van der Waals surface area contributed by atoms with Crippen molar-refractivity contribution in [3.63, 3.8) is 0 Å². The average Bonchev–Trinajstić information content (AvgIpc) is 2.21. The molecule has 0 heterocycles. The highest BCUT2D eigenvalue weighted by Gasteiger charge is 2.34. The first kappa shape index (κ1) is 13.8. The molecule has 0 aromatic carbocycles. The first-order valence-corrected chi connectivity index (χ1v) is 7.06. The lowest BCUT2D eigenvalue weighted by molar-refractivity contribution is -0.122. The van der Waals surface area contributed by atoms with Crippen LogP contribution in [-0.4, -0.2) is 41.2 Å². The summed E-state index contributed by atoms with van der Waals surface area (Å²) in [5.74, 6) is 1.93. The highest BCUT2D eigenvalue weighted by Crippen LogP contribution is 2.31. The van der Waals surface area contributed by atoms with Crippen LogP contribution in [0.15, 0.2) is 0 Å². The van der Waals surface area contributed by atoms with E-state index in [2.05, 4.69) is 5.32 Å². The molecule has 1 saturated carbocycles. The minimum absolute atomic E-state index is 0.0740. The Hall–Kier alpha value is -0.260. The van der Waals surface area contributed by atoms with Gasteiger partial charge in [0, 0.05) is 30.9 Å². The molecule has 1 fully saturated rings. The molecule has 0 atom stereocenters. The number of amides is 1. The summed E-state index contributed by atoms with van der Waals surface area (Å²) in [7, 11) is 0. The first-order valence-electron chi connectivity index (χ1n) is 5.90. The minimum atomic E-state index is -0.214. The maximum atomic E-state index is 11.5. The number of thioether (sulfide) groups is 1. The SMILES string of the molecule is NC1(CC(=O)NCCSCCCO)CCC1. The molecular weight excluding hydrogens is 224 g/mol. The van der Waals surface area contributed by atoms with Gasteiger partial charge in [0.1, 0.15) is 0 Å². The molecular formula is C11H22N2O2S. The van der Waals surface area contributed by atoms with Gasteiger partial charge in [-0.1, -0.05) is 0 Å². The number of carbonyl (C=O) groups excluding carboxylic acids is 1. The third-order valence-corrected chi connectivity index (χ3v) is 3.95. The van der Waals surface area contributed by atoms with Crippen LogP contribution in [0.3, 0.4) is 0 Å². The number of hydrogen-bond donors (Lipinski definition) is 3. The molecule has 0 radical (unpaired) electrons. The van der Waals surface area contributed by atoms with Crippen LogP contribution in [-0.2, 0) is 4.79 Å². The summed E-state index contributed by atoms with van der Waals surface area (Å²) in [6, 6.07) is 0. The van der Waals surface area contributed by atoms with Crippen LogP contribution in [0, 0.1) is 0 Å². The molecule has 4 N–H and O–H groups in total. The number of aliphatic hydroxyl groups excluding tert-OH is 1. The molecule has 0 aromatic rings.